The van der Waals surface area contributed by atoms with Crippen molar-refractivity contribution in [2.45, 2.75) is 46.6 Å². The molecule has 1 fully saturated rings. The van der Waals surface area contributed by atoms with E-state index in [1.54, 1.807) is 50.8 Å². The van der Waals surface area contributed by atoms with E-state index >= 15 is 0 Å². The summed E-state index contributed by atoms with van der Waals surface area (Å²) in [5, 5.41) is 2.82. The van der Waals surface area contributed by atoms with Crippen LogP contribution in [0.15, 0.2) is 18.2 Å². The number of benzene rings is 1. The van der Waals surface area contributed by atoms with Gasteiger partial charge in [-0.1, -0.05) is 0 Å². The molecule has 0 bridgehead atoms. The van der Waals surface area contributed by atoms with Crippen molar-refractivity contribution >= 4 is 29.2 Å². The number of esters is 1. The molecule has 2 heterocycles. The van der Waals surface area contributed by atoms with Crippen LogP contribution in [0.25, 0.3) is 0 Å². The lowest BCUT2D eigenvalue weighted by molar-refractivity contribution is -0.117. The van der Waals surface area contributed by atoms with E-state index in [1.165, 1.54) is 7.11 Å². The summed E-state index contributed by atoms with van der Waals surface area (Å²) in [5.41, 5.74) is 2.97. The second kappa shape index (κ2) is 8.61. The quantitative estimate of drug-likeness (QED) is 0.705. The Morgan fingerprint density at radius 2 is 1.97 bits per heavy atom. The summed E-state index contributed by atoms with van der Waals surface area (Å²) in [6.45, 7) is 7.63. The molecule has 0 aliphatic carbocycles. The fraction of sp³-hybridized carbons (Fsp3) is 0.409. The van der Waals surface area contributed by atoms with Crippen LogP contribution in [-0.4, -0.2) is 42.5 Å². The molecule has 1 aromatic carbocycles. The Morgan fingerprint density at radius 3 is 2.57 bits per heavy atom. The molecule has 1 aliphatic rings. The molecule has 0 spiro atoms. The van der Waals surface area contributed by atoms with E-state index in [-0.39, 0.29) is 17.9 Å². The van der Waals surface area contributed by atoms with Gasteiger partial charge in [0.1, 0.15) is 11.4 Å². The molecule has 8 heteroatoms. The first-order chi connectivity index (χ1) is 14.2. The molecule has 8 nitrogen and oxygen atoms in total. The maximum absolute atomic E-state index is 12.8. The number of aryl methyl sites for hydroxylation is 1. The maximum atomic E-state index is 12.8. The van der Waals surface area contributed by atoms with Crippen molar-refractivity contribution in [1.29, 1.82) is 0 Å². The highest BCUT2D eigenvalue weighted by Gasteiger charge is 2.26. The van der Waals surface area contributed by atoms with E-state index in [0.29, 0.717) is 52.6 Å². The summed E-state index contributed by atoms with van der Waals surface area (Å²) in [6.07, 6.45) is 1.08. The summed E-state index contributed by atoms with van der Waals surface area (Å²) in [4.78, 5) is 41.9. The molecule has 1 aromatic heterocycles. The first-order valence-electron chi connectivity index (χ1n) is 9.92. The van der Waals surface area contributed by atoms with E-state index in [2.05, 4.69) is 10.3 Å². The number of aromatic amines is 1. The summed E-state index contributed by atoms with van der Waals surface area (Å²) >= 11 is 0. The predicted molar refractivity (Wildman–Crippen MR) is 113 cm³/mol. The standard InChI is InChI=1S/C22H27N3O5/c1-12(2)30-22(28)19-13(3)20(23-14(19)4)21(27)24-15-8-9-16(17(11-15)29-5)25-10-6-7-18(25)26/h8-9,11-12,23H,6-7,10H2,1-5H3,(H,24,27). The number of aromatic nitrogens is 1. The van der Waals surface area contributed by atoms with Gasteiger partial charge in [0.15, 0.2) is 0 Å². The highest BCUT2D eigenvalue weighted by molar-refractivity contribution is 6.07. The number of H-pyrrole nitrogens is 1. The van der Waals surface area contributed by atoms with Crippen molar-refractivity contribution in [3.8, 4) is 5.75 Å². The van der Waals surface area contributed by atoms with Crippen molar-refractivity contribution in [3.63, 3.8) is 0 Å². The van der Waals surface area contributed by atoms with Crippen LogP contribution in [0, 0.1) is 13.8 Å². The van der Waals surface area contributed by atoms with Gasteiger partial charge in [-0.05, 0) is 51.8 Å². The van der Waals surface area contributed by atoms with Crippen LogP contribution in [0.2, 0.25) is 0 Å². The Kier molecular flexibility index (Phi) is 6.14. The number of nitrogens with one attached hydrogen (secondary N) is 2. The number of carbonyl (C=O) groups is 3. The van der Waals surface area contributed by atoms with E-state index < -0.39 is 5.97 Å². The predicted octanol–water partition coefficient (Wildman–Crippen LogP) is 3.58. The summed E-state index contributed by atoms with van der Waals surface area (Å²) in [5.74, 6) is -0.283. The fourth-order valence-corrected chi connectivity index (χ4v) is 3.63. The molecule has 30 heavy (non-hydrogen) atoms. The van der Waals surface area contributed by atoms with E-state index in [0.717, 1.165) is 6.42 Å². The number of amides is 2. The molecule has 2 aromatic rings. The van der Waals surface area contributed by atoms with Gasteiger partial charge in [0, 0.05) is 30.4 Å². The number of anilines is 2. The van der Waals surface area contributed by atoms with Crippen LogP contribution >= 0.6 is 0 Å². The SMILES string of the molecule is COc1cc(NC(=O)c2[nH]c(C)c(C(=O)OC(C)C)c2C)ccc1N1CCCC1=O. The zero-order valence-corrected chi connectivity index (χ0v) is 17.9. The van der Waals surface area contributed by atoms with Crippen molar-refractivity contribution in [2.24, 2.45) is 0 Å². The van der Waals surface area contributed by atoms with Gasteiger partial charge in [0.05, 0.1) is 24.5 Å². The largest absolute Gasteiger partial charge is 0.494 e. The lowest BCUT2D eigenvalue weighted by Gasteiger charge is -2.19. The van der Waals surface area contributed by atoms with Crippen LogP contribution in [0.4, 0.5) is 11.4 Å². The summed E-state index contributed by atoms with van der Waals surface area (Å²) in [6, 6.07) is 5.16. The minimum absolute atomic E-state index is 0.0587. The topological polar surface area (TPSA) is 101 Å². The third kappa shape index (κ3) is 4.17. The molecule has 3 rings (SSSR count). The summed E-state index contributed by atoms with van der Waals surface area (Å²) < 4.78 is 10.7. The monoisotopic (exact) mass is 413 g/mol. The van der Waals surface area contributed by atoms with Gasteiger partial charge in [-0.2, -0.15) is 0 Å². The smallest absolute Gasteiger partial charge is 0.340 e. The van der Waals surface area contributed by atoms with E-state index in [9.17, 15) is 14.4 Å². The van der Waals surface area contributed by atoms with Crippen LogP contribution in [0.1, 0.15) is 58.8 Å². The van der Waals surface area contributed by atoms with E-state index in [1.807, 2.05) is 0 Å². The molecule has 2 amide bonds. The molecule has 1 aliphatic heterocycles. The van der Waals surface area contributed by atoms with Crippen molar-refractivity contribution in [2.75, 3.05) is 23.9 Å². The average Bonchev–Trinajstić information content (AvgIpc) is 3.23. The maximum Gasteiger partial charge on any atom is 0.340 e. The molecule has 2 N–H and O–H groups in total. The lowest BCUT2D eigenvalue weighted by atomic mass is 10.1. The van der Waals surface area contributed by atoms with Gasteiger partial charge in [0.25, 0.3) is 5.91 Å². The molecule has 0 unspecified atom stereocenters. The molecule has 0 saturated carbocycles. The van der Waals surface area contributed by atoms with Gasteiger partial charge in [-0.25, -0.2) is 4.79 Å². The normalized spacial score (nSPS) is 13.7. The molecular weight excluding hydrogens is 386 g/mol. The molecular formula is C22H27N3O5. The van der Waals surface area contributed by atoms with Gasteiger partial charge >= 0.3 is 5.97 Å². The minimum Gasteiger partial charge on any atom is -0.494 e. The Morgan fingerprint density at radius 1 is 1.23 bits per heavy atom. The fourth-order valence-electron chi connectivity index (χ4n) is 3.63. The zero-order chi connectivity index (χ0) is 22.0. The van der Waals surface area contributed by atoms with Crippen molar-refractivity contribution in [1.82, 2.24) is 4.98 Å². The Hall–Kier alpha value is -3.29. The van der Waals surface area contributed by atoms with Crippen molar-refractivity contribution in [3.05, 3.63) is 40.7 Å². The number of methoxy groups -OCH3 is 1. The minimum atomic E-state index is -0.461. The number of rotatable bonds is 6. The first-order valence-corrected chi connectivity index (χ1v) is 9.92. The Labute approximate surface area is 175 Å². The number of carbonyl (C=O) groups excluding carboxylic acids is 3. The van der Waals surface area contributed by atoms with E-state index in [4.69, 9.17) is 9.47 Å². The van der Waals surface area contributed by atoms with Crippen LogP contribution in [-0.2, 0) is 9.53 Å². The summed E-state index contributed by atoms with van der Waals surface area (Å²) in [7, 11) is 1.52. The second-order valence-electron chi connectivity index (χ2n) is 7.57. The number of hydrogen-bond acceptors (Lipinski definition) is 5. The molecule has 0 radical (unpaired) electrons. The third-order valence-corrected chi connectivity index (χ3v) is 5.01. The molecule has 160 valence electrons. The second-order valence-corrected chi connectivity index (χ2v) is 7.57. The Balaban J connectivity index is 1.83. The van der Waals surface area contributed by atoms with Crippen LogP contribution in [0.5, 0.6) is 5.75 Å². The van der Waals surface area contributed by atoms with Gasteiger partial charge < -0.3 is 24.7 Å². The highest BCUT2D eigenvalue weighted by Crippen LogP contribution is 2.34. The van der Waals surface area contributed by atoms with Gasteiger partial charge in [0.2, 0.25) is 5.91 Å². The zero-order valence-electron chi connectivity index (χ0n) is 17.9. The van der Waals surface area contributed by atoms with Gasteiger partial charge in [-0.3, -0.25) is 9.59 Å². The number of hydrogen-bond donors (Lipinski definition) is 2. The number of nitrogens with zero attached hydrogens (tertiary/aromatic N) is 1. The molecule has 1 saturated heterocycles. The highest BCUT2D eigenvalue weighted by atomic mass is 16.5. The lowest BCUT2D eigenvalue weighted by Crippen LogP contribution is -2.24. The number of ether oxygens (including phenoxy) is 2. The molecule has 0 atom stereocenters. The third-order valence-electron chi connectivity index (χ3n) is 5.01. The Bertz CT molecular complexity index is 993. The van der Waals surface area contributed by atoms with Gasteiger partial charge in [-0.15, -0.1) is 0 Å². The average molecular weight is 413 g/mol. The van der Waals surface area contributed by atoms with Crippen LogP contribution in [0.3, 0.4) is 0 Å². The first kappa shape index (κ1) is 21.4. The van der Waals surface area contributed by atoms with Crippen LogP contribution < -0.4 is 15.0 Å². The van der Waals surface area contributed by atoms with Crippen molar-refractivity contribution < 1.29 is 23.9 Å².